The number of nitrogens with two attached hydrogens (primary N) is 1. The maximum atomic E-state index is 11.1. The van der Waals surface area contributed by atoms with Crippen molar-refractivity contribution in [3.8, 4) is 0 Å². The maximum absolute atomic E-state index is 11.1. The van der Waals surface area contributed by atoms with Gasteiger partial charge in [-0.3, -0.25) is 4.79 Å². The lowest BCUT2D eigenvalue weighted by Gasteiger charge is -2.26. The standard InChI is InChI=1S/C11H21NO2S/c1-7(2)8(3)15-6-11(12,10(13)14)9-4-5-9/h7-9H,4-6,12H2,1-3H3,(H,13,14). The molecule has 0 radical (unpaired) electrons. The lowest BCUT2D eigenvalue weighted by molar-refractivity contribution is -0.143. The van der Waals surface area contributed by atoms with Crippen LogP contribution in [-0.4, -0.2) is 27.6 Å². The van der Waals surface area contributed by atoms with Crippen molar-refractivity contribution in [1.29, 1.82) is 0 Å². The summed E-state index contributed by atoms with van der Waals surface area (Å²) in [5.74, 6) is 0.453. The Labute approximate surface area is 95.8 Å². The van der Waals surface area contributed by atoms with Gasteiger partial charge in [0.1, 0.15) is 5.54 Å². The molecule has 0 aromatic rings. The zero-order chi connectivity index (χ0) is 11.6. The van der Waals surface area contributed by atoms with Crippen LogP contribution >= 0.6 is 11.8 Å². The maximum Gasteiger partial charge on any atom is 0.324 e. The summed E-state index contributed by atoms with van der Waals surface area (Å²) in [4.78, 5) is 11.1. The predicted octanol–water partition coefficient (Wildman–Crippen LogP) is 1.96. The minimum Gasteiger partial charge on any atom is -0.480 e. The van der Waals surface area contributed by atoms with Crippen LogP contribution in [0.2, 0.25) is 0 Å². The third-order valence-corrected chi connectivity index (χ3v) is 4.94. The van der Waals surface area contributed by atoms with Crippen LogP contribution in [0.3, 0.4) is 0 Å². The quantitative estimate of drug-likeness (QED) is 0.733. The Kier molecular flexibility index (Phi) is 4.06. The molecule has 1 fully saturated rings. The molecule has 0 heterocycles. The minimum atomic E-state index is -0.992. The van der Waals surface area contributed by atoms with E-state index in [0.29, 0.717) is 16.9 Å². The van der Waals surface area contributed by atoms with E-state index >= 15 is 0 Å². The molecule has 88 valence electrons. The first-order valence-electron chi connectivity index (χ1n) is 5.51. The van der Waals surface area contributed by atoms with Crippen molar-refractivity contribution in [2.45, 2.75) is 44.4 Å². The van der Waals surface area contributed by atoms with Crippen molar-refractivity contribution < 1.29 is 9.90 Å². The Bertz CT molecular complexity index is 241. The second-order valence-corrected chi connectivity index (χ2v) is 6.25. The van der Waals surface area contributed by atoms with E-state index in [-0.39, 0.29) is 5.92 Å². The molecule has 1 rings (SSSR count). The highest BCUT2D eigenvalue weighted by Gasteiger charge is 2.48. The normalized spacial score (nSPS) is 22.5. The molecule has 2 unspecified atom stereocenters. The minimum absolute atomic E-state index is 0.196. The van der Waals surface area contributed by atoms with Gasteiger partial charge in [-0.25, -0.2) is 0 Å². The van der Waals surface area contributed by atoms with Gasteiger partial charge in [-0.05, 0) is 24.7 Å². The number of carbonyl (C=O) groups is 1. The zero-order valence-electron chi connectivity index (χ0n) is 9.69. The lowest BCUT2D eigenvalue weighted by atomic mass is 9.98. The van der Waals surface area contributed by atoms with Crippen molar-refractivity contribution >= 4 is 17.7 Å². The van der Waals surface area contributed by atoms with E-state index in [4.69, 9.17) is 10.8 Å². The summed E-state index contributed by atoms with van der Waals surface area (Å²) in [5, 5.41) is 9.62. The molecule has 1 aliphatic carbocycles. The summed E-state index contributed by atoms with van der Waals surface area (Å²) in [6, 6.07) is 0. The second-order valence-electron chi connectivity index (χ2n) is 4.88. The largest absolute Gasteiger partial charge is 0.480 e. The summed E-state index contributed by atoms with van der Waals surface area (Å²) in [6.07, 6.45) is 1.94. The van der Waals surface area contributed by atoms with E-state index in [2.05, 4.69) is 20.8 Å². The van der Waals surface area contributed by atoms with Crippen molar-refractivity contribution in [3.05, 3.63) is 0 Å². The summed E-state index contributed by atoms with van der Waals surface area (Å²) < 4.78 is 0. The molecule has 0 aromatic heterocycles. The van der Waals surface area contributed by atoms with Gasteiger partial charge in [0.15, 0.2) is 0 Å². The first kappa shape index (κ1) is 12.8. The molecular formula is C11H21NO2S. The molecule has 15 heavy (non-hydrogen) atoms. The zero-order valence-corrected chi connectivity index (χ0v) is 10.5. The summed E-state index contributed by atoms with van der Waals surface area (Å²) in [5.41, 5.74) is 4.98. The summed E-state index contributed by atoms with van der Waals surface area (Å²) in [7, 11) is 0. The molecule has 3 nitrogen and oxygen atoms in total. The third-order valence-electron chi connectivity index (χ3n) is 3.23. The first-order chi connectivity index (χ1) is 6.88. The van der Waals surface area contributed by atoms with Gasteiger partial charge in [0.2, 0.25) is 0 Å². The molecule has 0 saturated heterocycles. The van der Waals surface area contributed by atoms with Gasteiger partial charge in [-0.15, -0.1) is 0 Å². The number of carboxylic acid groups (broad SMARTS) is 1. The molecule has 0 amide bonds. The van der Waals surface area contributed by atoms with Gasteiger partial charge < -0.3 is 10.8 Å². The van der Waals surface area contributed by atoms with Crippen LogP contribution in [0.25, 0.3) is 0 Å². The third kappa shape index (κ3) is 3.11. The van der Waals surface area contributed by atoms with Crippen LogP contribution in [0.1, 0.15) is 33.6 Å². The topological polar surface area (TPSA) is 63.3 Å². The average Bonchev–Trinajstić information content (AvgIpc) is 2.96. The van der Waals surface area contributed by atoms with E-state index in [1.165, 1.54) is 0 Å². The Morgan fingerprint density at radius 1 is 1.53 bits per heavy atom. The van der Waals surface area contributed by atoms with Crippen LogP contribution in [0.4, 0.5) is 0 Å². The fraction of sp³-hybridized carbons (Fsp3) is 0.909. The van der Waals surface area contributed by atoms with Crippen LogP contribution in [0.5, 0.6) is 0 Å². The van der Waals surface area contributed by atoms with E-state index in [1.54, 1.807) is 11.8 Å². The number of carboxylic acids is 1. The average molecular weight is 231 g/mol. The van der Waals surface area contributed by atoms with E-state index in [1.807, 2.05) is 0 Å². The lowest BCUT2D eigenvalue weighted by Crippen LogP contribution is -2.52. The van der Waals surface area contributed by atoms with E-state index in [0.717, 1.165) is 12.8 Å². The van der Waals surface area contributed by atoms with Gasteiger partial charge in [0.05, 0.1) is 0 Å². The Morgan fingerprint density at radius 2 is 2.07 bits per heavy atom. The fourth-order valence-electron chi connectivity index (χ4n) is 1.41. The van der Waals surface area contributed by atoms with E-state index < -0.39 is 11.5 Å². The number of aliphatic carboxylic acids is 1. The summed E-state index contributed by atoms with van der Waals surface area (Å²) in [6.45, 7) is 6.42. The van der Waals surface area contributed by atoms with Crippen molar-refractivity contribution in [3.63, 3.8) is 0 Å². The summed E-state index contributed by atoms with van der Waals surface area (Å²) >= 11 is 1.68. The SMILES string of the molecule is CC(C)C(C)SCC(N)(C(=O)O)C1CC1. The van der Waals surface area contributed by atoms with Crippen LogP contribution in [0.15, 0.2) is 0 Å². The Morgan fingerprint density at radius 3 is 2.40 bits per heavy atom. The van der Waals surface area contributed by atoms with Crippen LogP contribution in [0, 0.1) is 11.8 Å². The molecular weight excluding hydrogens is 210 g/mol. The Hall–Kier alpha value is -0.220. The van der Waals surface area contributed by atoms with Gasteiger partial charge in [-0.1, -0.05) is 20.8 Å². The van der Waals surface area contributed by atoms with Gasteiger partial charge in [0.25, 0.3) is 0 Å². The van der Waals surface area contributed by atoms with Crippen LogP contribution < -0.4 is 5.73 Å². The van der Waals surface area contributed by atoms with Gasteiger partial charge in [-0.2, -0.15) is 11.8 Å². The molecule has 3 N–H and O–H groups in total. The monoisotopic (exact) mass is 231 g/mol. The molecule has 1 aliphatic rings. The number of hydrogen-bond donors (Lipinski definition) is 2. The molecule has 0 spiro atoms. The molecule has 4 heteroatoms. The first-order valence-corrected chi connectivity index (χ1v) is 6.56. The highest BCUT2D eigenvalue weighted by atomic mass is 32.2. The van der Waals surface area contributed by atoms with Crippen molar-refractivity contribution in [1.82, 2.24) is 0 Å². The molecule has 0 aliphatic heterocycles. The number of thioether (sulfide) groups is 1. The second kappa shape index (κ2) is 4.74. The molecule has 0 aromatic carbocycles. The number of rotatable bonds is 6. The van der Waals surface area contributed by atoms with Crippen molar-refractivity contribution in [2.24, 2.45) is 17.6 Å². The Balaban J connectivity index is 2.49. The van der Waals surface area contributed by atoms with Gasteiger partial charge >= 0.3 is 5.97 Å². The van der Waals surface area contributed by atoms with Crippen molar-refractivity contribution in [2.75, 3.05) is 5.75 Å². The predicted molar refractivity (Wildman–Crippen MR) is 64.0 cm³/mol. The van der Waals surface area contributed by atoms with Crippen LogP contribution in [-0.2, 0) is 4.79 Å². The van der Waals surface area contributed by atoms with Gasteiger partial charge in [0, 0.05) is 11.0 Å². The molecule has 1 saturated carbocycles. The van der Waals surface area contributed by atoms with E-state index in [9.17, 15) is 4.79 Å². The smallest absolute Gasteiger partial charge is 0.324 e. The molecule has 0 bridgehead atoms. The fourth-order valence-corrected chi connectivity index (χ4v) is 2.70. The molecule has 2 atom stereocenters. The highest BCUT2D eigenvalue weighted by molar-refractivity contribution is 8.00. The number of hydrogen-bond acceptors (Lipinski definition) is 3. The highest BCUT2D eigenvalue weighted by Crippen LogP contribution is 2.41.